The Balaban J connectivity index is 2.07. The zero-order chi connectivity index (χ0) is 13.8. The third-order valence-electron chi connectivity index (χ3n) is 3.19. The standard InChI is InChI=1S/C14H18N2O3/c1-2-15-11(8-14(18)19)6-9-3-4-12-10(5-9)7-13(17)16-12/h3-5,11,15H,2,6-8H2,1H3,(H,16,17)(H,18,19). The molecule has 0 aromatic heterocycles. The van der Waals surface area contributed by atoms with Gasteiger partial charge in [0, 0.05) is 11.7 Å². The summed E-state index contributed by atoms with van der Waals surface area (Å²) >= 11 is 0. The van der Waals surface area contributed by atoms with E-state index in [2.05, 4.69) is 10.6 Å². The first kappa shape index (κ1) is 13.5. The predicted molar refractivity (Wildman–Crippen MR) is 72.2 cm³/mol. The van der Waals surface area contributed by atoms with E-state index >= 15 is 0 Å². The molecule has 3 N–H and O–H groups in total. The normalized spacial score (nSPS) is 14.9. The van der Waals surface area contributed by atoms with Crippen LogP contribution in [-0.2, 0) is 22.4 Å². The van der Waals surface area contributed by atoms with Crippen molar-refractivity contribution in [3.63, 3.8) is 0 Å². The van der Waals surface area contributed by atoms with Crippen molar-refractivity contribution in [1.82, 2.24) is 5.32 Å². The molecule has 2 rings (SSSR count). The summed E-state index contributed by atoms with van der Waals surface area (Å²) < 4.78 is 0. The molecule has 5 nitrogen and oxygen atoms in total. The van der Waals surface area contributed by atoms with Gasteiger partial charge >= 0.3 is 5.97 Å². The first-order chi connectivity index (χ1) is 9.08. The second kappa shape index (κ2) is 5.84. The van der Waals surface area contributed by atoms with Crippen molar-refractivity contribution in [2.45, 2.75) is 32.2 Å². The highest BCUT2D eigenvalue weighted by molar-refractivity contribution is 5.99. The lowest BCUT2D eigenvalue weighted by atomic mass is 10.00. The van der Waals surface area contributed by atoms with Gasteiger partial charge in [-0.15, -0.1) is 0 Å². The third-order valence-corrected chi connectivity index (χ3v) is 3.19. The summed E-state index contributed by atoms with van der Waals surface area (Å²) in [6.07, 6.45) is 1.16. The van der Waals surface area contributed by atoms with Crippen LogP contribution in [0.25, 0.3) is 0 Å². The number of carboxylic acids is 1. The number of carbonyl (C=O) groups excluding carboxylic acids is 1. The van der Waals surface area contributed by atoms with E-state index in [1.165, 1.54) is 0 Å². The van der Waals surface area contributed by atoms with Gasteiger partial charge < -0.3 is 15.7 Å². The molecule has 0 saturated heterocycles. The van der Waals surface area contributed by atoms with E-state index in [1.54, 1.807) is 0 Å². The van der Waals surface area contributed by atoms with E-state index in [1.807, 2.05) is 25.1 Å². The number of fused-ring (bicyclic) bond motifs is 1. The molecule has 1 atom stereocenters. The molecule has 5 heteroatoms. The molecule has 1 unspecified atom stereocenters. The van der Waals surface area contributed by atoms with E-state index in [0.29, 0.717) is 12.8 Å². The summed E-state index contributed by atoms with van der Waals surface area (Å²) in [6.45, 7) is 2.70. The number of hydrogen-bond acceptors (Lipinski definition) is 3. The molecule has 19 heavy (non-hydrogen) atoms. The maximum atomic E-state index is 11.3. The van der Waals surface area contributed by atoms with Crippen LogP contribution in [0, 0.1) is 0 Å². The van der Waals surface area contributed by atoms with Gasteiger partial charge in [0.15, 0.2) is 0 Å². The molecule has 0 aliphatic carbocycles. The van der Waals surface area contributed by atoms with Crippen LogP contribution in [0.2, 0.25) is 0 Å². The first-order valence-corrected chi connectivity index (χ1v) is 6.45. The van der Waals surface area contributed by atoms with Gasteiger partial charge in [0.2, 0.25) is 5.91 Å². The Labute approximate surface area is 112 Å². The zero-order valence-electron chi connectivity index (χ0n) is 10.9. The van der Waals surface area contributed by atoms with Crippen LogP contribution in [-0.4, -0.2) is 29.6 Å². The lowest BCUT2D eigenvalue weighted by Crippen LogP contribution is -2.33. The zero-order valence-corrected chi connectivity index (χ0v) is 10.9. The molecule has 1 aliphatic rings. The van der Waals surface area contributed by atoms with Crippen LogP contribution in [0.15, 0.2) is 18.2 Å². The number of aliphatic carboxylic acids is 1. The number of anilines is 1. The Morgan fingerprint density at radius 1 is 1.53 bits per heavy atom. The molecule has 1 aliphatic heterocycles. The van der Waals surface area contributed by atoms with Gasteiger partial charge in [-0.05, 0) is 30.2 Å². The Morgan fingerprint density at radius 3 is 3.00 bits per heavy atom. The molecular weight excluding hydrogens is 244 g/mol. The Hall–Kier alpha value is -1.88. The molecule has 0 saturated carbocycles. The van der Waals surface area contributed by atoms with E-state index in [9.17, 15) is 9.59 Å². The fraction of sp³-hybridized carbons (Fsp3) is 0.429. The van der Waals surface area contributed by atoms with Gasteiger partial charge in [-0.3, -0.25) is 9.59 Å². The summed E-state index contributed by atoms with van der Waals surface area (Å²) in [7, 11) is 0. The van der Waals surface area contributed by atoms with Gasteiger partial charge in [0.25, 0.3) is 0 Å². The van der Waals surface area contributed by atoms with E-state index < -0.39 is 5.97 Å². The van der Waals surface area contributed by atoms with E-state index in [-0.39, 0.29) is 18.4 Å². The smallest absolute Gasteiger partial charge is 0.304 e. The molecule has 0 spiro atoms. The molecule has 0 radical (unpaired) electrons. The molecular formula is C14H18N2O3. The van der Waals surface area contributed by atoms with Crippen molar-refractivity contribution in [3.05, 3.63) is 29.3 Å². The molecule has 0 fully saturated rings. The predicted octanol–water partition coefficient (Wildman–Crippen LogP) is 1.18. The molecule has 102 valence electrons. The van der Waals surface area contributed by atoms with Crippen LogP contribution in [0.4, 0.5) is 5.69 Å². The van der Waals surface area contributed by atoms with Crippen molar-refractivity contribution in [2.24, 2.45) is 0 Å². The average Bonchev–Trinajstić information content (AvgIpc) is 2.68. The number of likely N-dealkylation sites (N-methyl/N-ethyl adjacent to an activating group) is 1. The minimum Gasteiger partial charge on any atom is -0.481 e. The second-order valence-corrected chi connectivity index (χ2v) is 4.77. The van der Waals surface area contributed by atoms with E-state index in [4.69, 9.17) is 5.11 Å². The van der Waals surface area contributed by atoms with Crippen molar-refractivity contribution in [3.8, 4) is 0 Å². The minimum atomic E-state index is -0.802. The summed E-state index contributed by atoms with van der Waals surface area (Å²) in [5.74, 6) is -0.787. The van der Waals surface area contributed by atoms with Gasteiger partial charge in [-0.2, -0.15) is 0 Å². The maximum Gasteiger partial charge on any atom is 0.304 e. The van der Waals surface area contributed by atoms with Gasteiger partial charge in [-0.25, -0.2) is 0 Å². The average molecular weight is 262 g/mol. The van der Waals surface area contributed by atoms with Crippen LogP contribution in [0.5, 0.6) is 0 Å². The van der Waals surface area contributed by atoms with Crippen molar-refractivity contribution >= 4 is 17.6 Å². The number of amides is 1. The number of carboxylic acid groups (broad SMARTS) is 1. The fourth-order valence-corrected chi connectivity index (χ4v) is 2.41. The molecule has 1 heterocycles. The fourth-order valence-electron chi connectivity index (χ4n) is 2.41. The molecule has 1 amide bonds. The summed E-state index contributed by atoms with van der Waals surface area (Å²) in [4.78, 5) is 22.1. The number of nitrogens with one attached hydrogen (secondary N) is 2. The van der Waals surface area contributed by atoms with Gasteiger partial charge in [0.1, 0.15) is 0 Å². The third kappa shape index (κ3) is 3.54. The number of benzene rings is 1. The largest absolute Gasteiger partial charge is 0.481 e. The van der Waals surface area contributed by atoms with Crippen LogP contribution < -0.4 is 10.6 Å². The monoisotopic (exact) mass is 262 g/mol. The Bertz CT molecular complexity index is 499. The molecule has 0 bridgehead atoms. The van der Waals surface area contributed by atoms with Crippen LogP contribution in [0.3, 0.4) is 0 Å². The van der Waals surface area contributed by atoms with Crippen LogP contribution in [0.1, 0.15) is 24.5 Å². The quantitative estimate of drug-likeness (QED) is 0.719. The second-order valence-electron chi connectivity index (χ2n) is 4.77. The van der Waals surface area contributed by atoms with Gasteiger partial charge in [0.05, 0.1) is 12.8 Å². The number of carbonyl (C=O) groups is 2. The number of rotatable bonds is 6. The lowest BCUT2D eigenvalue weighted by molar-refractivity contribution is -0.137. The molecule has 1 aromatic rings. The van der Waals surface area contributed by atoms with Crippen LogP contribution >= 0.6 is 0 Å². The summed E-state index contributed by atoms with van der Waals surface area (Å²) in [5, 5.41) is 14.8. The lowest BCUT2D eigenvalue weighted by Gasteiger charge is -2.16. The SMILES string of the molecule is CCNC(CC(=O)O)Cc1ccc2c(c1)CC(=O)N2. The maximum absolute atomic E-state index is 11.3. The van der Waals surface area contributed by atoms with E-state index in [0.717, 1.165) is 23.4 Å². The highest BCUT2D eigenvalue weighted by Gasteiger charge is 2.19. The Kier molecular flexibility index (Phi) is 4.16. The van der Waals surface area contributed by atoms with Crippen molar-refractivity contribution in [2.75, 3.05) is 11.9 Å². The van der Waals surface area contributed by atoms with Crippen molar-refractivity contribution < 1.29 is 14.7 Å². The highest BCUT2D eigenvalue weighted by atomic mass is 16.4. The first-order valence-electron chi connectivity index (χ1n) is 6.45. The highest BCUT2D eigenvalue weighted by Crippen LogP contribution is 2.24. The van der Waals surface area contributed by atoms with Crippen molar-refractivity contribution in [1.29, 1.82) is 0 Å². The summed E-state index contributed by atoms with van der Waals surface area (Å²) in [5.41, 5.74) is 2.92. The molecule has 1 aromatic carbocycles. The topological polar surface area (TPSA) is 78.4 Å². The summed E-state index contributed by atoms with van der Waals surface area (Å²) in [6, 6.07) is 5.74. The van der Waals surface area contributed by atoms with Gasteiger partial charge in [-0.1, -0.05) is 19.1 Å². The minimum absolute atomic E-state index is 0.0147. The number of hydrogen-bond donors (Lipinski definition) is 3. The Morgan fingerprint density at radius 2 is 2.32 bits per heavy atom.